The zero-order chi connectivity index (χ0) is 9.46. The fourth-order valence-electron chi connectivity index (χ4n) is 0.800. The minimum absolute atomic E-state index is 0.0252. The fourth-order valence-corrected chi connectivity index (χ4v) is 0.800. The molecular weight excluding hydrogens is 147 g/mol. The third-order valence-corrected chi connectivity index (χ3v) is 1.61. The van der Waals surface area contributed by atoms with Crippen molar-refractivity contribution in [3.05, 3.63) is 0 Å². The van der Waals surface area contributed by atoms with Crippen LogP contribution in [0, 0.1) is 0 Å². The third-order valence-electron chi connectivity index (χ3n) is 1.61. The Kier molecular flexibility index (Phi) is 2.18. The van der Waals surface area contributed by atoms with Gasteiger partial charge in [0.2, 0.25) is 0 Å². The first-order valence-electron chi connectivity index (χ1n) is 3.10. The van der Waals surface area contributed by atoms with Crippen LogP contribution < -0.4 is 21.9 Å². The normalized spacial score (nSPS) is 10.0. The maximum Gasteiger partial charge on any atom is 0.148 e. The highest BCUT2D eigenvalue weighted by Crippen LogP contribution is 2.14. The van der Waals surface area contributed by atoms with E-state index in [0.717, 1.165) is 0 Å². The molecule has 2 nitrogen and oxygen atoms in total. The molecule has 50 valence electrons. The topological polar surface area (TPSA) is 40.5 Å². The Morgan fingerprint density at radius 2 is 0.833 bits per heavy atom. The predicted octanol–water partition coefficient (Wildman–Crippen LogP) is -3.73. The highest BCUT2D eigenvalue weighted by molar-refractivity contribution is 6.63. The van der Waals surface area contributed by atoms with Crippen molar-refractivity contribution in [2.24, 2.45) is 0 Å². The molecule has 1 aromatic carbocycles. The van der Waals surface area contributed by atoms with Crippen LogP contribution in [-0.2, 0) is 0 Å². The standard InChI is InChI=1S/C6H2B4O2/c7-1-2(8)4(10)6(12)5(11)3(1)9/h11-12H. The fraction of sp³-hybridized carbons (Fsp3) is 0. The molecule has 0 fully saturated rings. The summed E-state index contributed by atoms with van der Waals surface area (Å²) in [6, 6.07) is 0. The molecule has 0 aliphatic rings. The number of aromatic hydroxyl groups is 2. The van der Waals surface area contributed by atoms with E-state index in [1.165, 1.54) is 0 Å². The van der Waals surface area contributed by atoms with Crippen molar-refractivity contribution in [1.82, 2.24) is 0 Å². The molecule has 2 N–H and O–H groups in total. The maximum atomic E-state index is 9.10. The van der Waals surface area contributed by atoms with Crippen LogP contribution in [0.5, 0.6) is 11.5 Å². The van der Waals surface area contributed by atoms with E-state index in [2.05, 4.69) is 0 Å². The van der Waals surface area contributed by atoms with Gasteiger partial charge >= 0.3 is 0 Å². The summed E-state index contributed by atoms with van der Waals surface area (Å²) in [5, 5.41) is 18.2. The van der Waals surface area contributed by atoms with E-state index < -0.39 is 11.5 Å². The molecule has 12 heavy (non-hydrogen) atoms. The predicted molar refractivity (Wildman–Crippen MR) is 51.3 cm³/mol. The van der Waals surface area contributed by atoms with Gasteiger partial charge in [0.05, 0.1) is 0 Å². The number of phenolic OH excluding ortho intramolecular Hbond substituents is 2. The quantitative estimate of drug-likeness (QED) is 0.294. The Hall–Kier alpha value is -0.920. The van der Waals surface area contributed by atoms with E-state index >= 15 is 0 Å². The van der Waals surface area contributed by atoms with Gasteiger partial charge in [0.15, 0.2) is 0 Å². The average Bonchev–Trinajstić information content (AvgIpc) is 2.08. The van der Waals surface area contributed by atoms with E-state index in [1.54, 1.807) is 0 Å². The Bertz CT molecular complexity index is 232. The molecule has 1 aromatic rings. The summed E-state index contributed by atoms with van der Waals surface area (Å²) < 4.78 is 0. The van der Waals surface area contributed by atoms with E-state index in [4.69, 9.17) is 41.6 Å². The zero-order valence-corrected chi connectivity index (χ0v) is 6.20. The molecule has 0 aliphatic heterocycles. The van der Waals surface area contributed by atoms with Crippen molar-refractivity contribution in [3.63, 3.8) is 0 Å². The molecular formula is C6H2B4O2. The SMILES string of the molecule is [B]c1c([B])c([B])c(O)c(O)c1[B]. The van der Waals surface area contributed by atoms with Crippen molar-refractivity contribution in [2.75, 3.05) is 0 Å². The smallest absolute Gasteiger partial charge is 0.148 e. The van der Waals surface area contributed by atoms with Crippen LogP contribution in [0.2, 0.25) is 0 Å². The van der Waals surface area contributed by atoms with Gasteiger partial charge in [0.25, 0.3) is 0 Å². The van der Waals surface area contributed by atoms with Crippen molar-refractivity contribution in [2.45, 2.75) is 0 Å². The molecule has 1 rings (SSSR count). The molecule has 6 heteroatoms. The summed E-state index contributed by atoms with van der Waals surface area (Å²) in [6.07, 6.45) is 0. The Morgan fingerprint density at radius 1 is 0.583 bits per heavy atom. The highest BCUT2D eigenvalue weighted by atomic mass is 16.3. The van der Waals surface area contributed by atoms with Crippen LogP contribution in [0.3, 0.4) is 0 Å². The first-order chi connectivity index (χ1) is 5.46. The van der Waals surface area contributed by atoms with Crippen LogP contribution in [0.4, 0.5) is 0 Å². The summed E-state index contributed by atoms with van der Waals surface area (Å²) in [7, 11) is 21.3. The lowest BCUT2D eigenvalue weighted by Gasteiger charge is -2.14. The molecule has 8 radical (unpaired) electrons. The van der Waals surface area contributed by atoms with Gasteiger partial charge in [0, 0.05) is 0 Å². The lowest BCUT2D eigenvalue weighted by atomic mass is 9.66. The summed E-state index contributed by atoms with van der Waals surface area (Å²) in [6.45, 7) is 0. The Labute approximate surface area is 75.6 Å². The van der Waals surface area contributed by atoms with Crippen LogP contribution in [0.15, 0.2) is 0 Å². The van der Waals surface area contributed by atoms with E-state index in [0.29, 0.717) is 0 Å². The minimum atomic E-state index is -0.542. The first kappa shape index (κ1) is 9.17. The van der Waals surface area contributed by atoms with Crippen molar-refractivity contribution in [3.8, 4) is 11.5 Å². The highest BCUT2D eigenvalue weighted by Gasteiger charge is 2.10. The molecule has 0 aromatic heterocycles. The summed E-state index contributed by atoms with van der Waals surface area (Å²) in [4.78, 5) is 0. The van der Waals surface area contributed by atoms with Gasteiger partial charge in [-0.15, -0.1) is 10.9 Å². The van der Waals surface area contributed by atoms with Gasteiger partial charge in [0.1, 0.15) is 42.9 Å². The second kappa shape index (κ2) is 2.85. The Morgan fingerprint density at radius 3 is 1.08 bits per heavy atom. The molecule has 0 atom stereocenters. The van der Waals surface area contributed by atoms with Crippen molar-refractivity contribution >= 4 is 53.2 Å². The third kappa shape index (κ3) is 1.11. The molecule has 0 unspecified atom stereocenters. The van der Waals surface area contributed by atoms with Crippen LogP contribution in [0.25, 0.3) is 0 Å². The lowest BCUT2D eigenvalue weighted by Crippen LogP contribution is -2.47. The minimum Gasteiger partial charge on any atom is -0.505 e. The molecule has 0 amide bonds. The molecule has 0 saturated carbocycles. The van der Waals surface area contributed by atoms with Crippen molar-refractivity contribution in [1.29, 1.82) is 0 Å². The molecule has 0 heterocycles. The summed E-state index contributed by atoms with van der Waals surface area (Å²) in [5.41, 5.74) is -0.385. The van der Waals surface area contributed by atoms with Gasteiger partial charge in [-0.25, -0.2) is 0 Å². The summed E-state index contributed by atoms with van der Waals surface area (Å²) in [5.74, 6) is -1.08. The average molecular weight is 149 g/mol. The van der Waals surface area contributed by atoms with Gasteiger partial charge in [-0.1, -0.05) is 10.9 Å². The maximum absolute atomic E-state index is 9.10. The largest absolute Gasteiger partial charge is 0.505 e. The number of hydrogen-bond acceptors (Lipinski definition) is 2. The van der Waals surface area contributed by atoms with Crippen molar-refractivity contribution < 1.29 is 10.2 Å². The number of benzene rings is 1. The molecule has 0 spiro atoms. The van der Waals surface area contributed by atoms with Gasteiger partial charge < -0.3 is 10.2 Å². The van der Waals surface area contributed by atoms with E-state index in [9.17, 15) is 0 Å². The molecule has 0 bridgehead atoms. The summed E-state index contributed by atoms with van der Waals surface area (Å²) >= 11 is 0. The number of phenols is 2. The number of rotatable bonds is 0. The second-order valence-electron chi connectivity index (χ2n) is 2.35. The first-order valence-corrected chi connectivity index (χ1v) is 3.10. The Balaban J connectivity index is 3.60. The van der Waals surface area contributed by atoms with Gasteiger partial charge in [-0.2, -0.15) is 0 Å². The van der Waals surface area contributed by atoms with Gasteiger partial charge in [-0.05, 0) is 0 Å². The molecule has 0 aliphatic carbocycles. The zero-order valence-electron chi connectivity index (χ0n) is 6.20. The van der Waals surface area contributed by atoms with Crippen LogP contribution >= 0.6 is 0 Å². The lowest BCUT2D eigenvalue weighted by molar-refractivity contribution is 0.410. The van der Waals surface area contributed by atoms with Crippen LogP contribution in [-0.4, -0.2) is 41.6 Å². The monoisotopic (exact) mass is 150 g/mol. The second-order valence-corrected chi connectivity index (χ2v) is 2.35. The van der Waals surface area contributed by atoms with E-state index in [-0.39, 0.29) is 21.9 Å². The molecule has 0 saturated heterocycles. The van der Waals surface area contributed by atoms with Crippen LogP contribution in [0.1, 0.15) is 0 Å². The van der Waals surface area contributed by atoms with E-state index in [1.807, 2.05) is 0 Å². The van der Waals surface area contributed by atoms with Gasteiger partial charge in [-0.3, -0.25) is 0 Å². The number of hydrogen-bond donors (Lipinski definition) is 2.